The molecule has 0 aliphatic heterocycles. The van der Waals surface area contributed by atoms with E-state index in [0.29, 0.717) is 16.5 Å². The van der Waals surface area contributed by atoms with Crippen molar-refractivity contribution in [2.45, 2.75) is 52.0 Å². The fraction of sp³-hybridized carbons (Fsp3) is 0.625. The molecule has 1 nitrogen and oxygen atoms in total. The minimum absolute atomic E-state index is 0.347. The van der Waals surface area contributed by atoms with E-state index in [4.69, 9.17) is 23.2 Å². The van der Waals surface area contributed by atoms with Crippen LogP contribution in [0.25, 0.3) is 0 Å². The monoisotopic (exact) mass is 299 g/mol. The summed E-state index contributed by atoms with van der Waals surface area (Å²) in [5.41, 5.74) is 1.53. The molecule has 1 saturated carbocycles. The Morgan fingerprint density at radius 3 is 2.89 bits per heavy atom. The lowest BCUT2D eigenvalue weighted by Gasteiger charge is -2.25. The van der Waals surface area contributed by atoms with Gasteiger partial charge < -0.3 is 5.32 Å². The molecule has 1 aromatic carbocycles. The highest BCUT2D eigenvalue weighted by Gasteiger charge is 2.35. The standard InChI is InChI=1S/C16H23Cl2N/c1-3-9-19-13-7-8-16(2,11-13)10-12-5-4-6-14(17)15(12)18/h4-6,13,19H,3,7-11H2,1-2H3. The molecule has 1 N–H and O–H groups in total. The lowest BCUT2D eigenvalue weighted by molar-refractivity contribution is 0.322. The summed E-state index contributed by atoms with van der Waals surface area (Å²) in [5.74, 6) is 0. The van der Waals surface area contributed by atoms with Gasteiger partial charge in [-0.2, -0.15) is 0 Å². The molecule has 0 aromatic heterocycles. The Morgan fingerprint density at radius 1 is 1.37 bits per heavy atom. The number of rotatable bonds is 5. The van der Waals surface area contributed by atoms with Gasteiger partial charge in [0.05, 0.1) is 10.0 Å². The van der Waals surface area contributed by atoms with Crippen molar-refractivity contribution >= 4 is 23.2 Å². The van der Waals surface area contributed by atoms with E-state index in [0.717, 1.165) is 18.0 Å². The van der Waals surface area contributed by atoms with E-state index in [9.17, 15) is 0 Å². The molecule has 1 aliphatic carbocycles. The molecule has 0 amide bonds. The van der Waals surface area contributed by atoms with E-state index in [1.807, 2.05) is 12.1 Å². The SMILES string of the molecule is CCCNC1CCC(C)(Cc2cccc(Cl)c2Cl)C1. The van der Waals surface area contributed by atoms with Crippen LogP contribution in [0.15, 0.2) is 18.2 Å². The first-order chi connectivity index (χ1) is 9.04. The first-order valence-electron chi connectivity index (χ1n) is 7.20. The van der Waals surface area contributed by atoms with Gasteiger partial charge in [0.1, 0.15) is 0 Å². The Morgan fingerprint density at radius 2 is 2.16 bits per heavy atom. The lowest BCUT2D eigenvalue weighted by Crippen LogP contribution is -2.29. The average Bonchev–Trinajstić information content (AvgIpc) is 2.74. The zero-order valence-corrected chi connectivity index (χ0v) is 13.3. The lowest BCUT2D eigenvalue weighted by atomic mass is 9.82. The average molecular weight is 300 g/mol. The Bertz CT molecular complexity index is 433. The van der Waals surface area contributed by atoms with Crippen molar-refractivity contribution in [3.63, 3.8) is 0 Å². The van der Waals surface area contributed by atoms with E-state index < -0.39 is 0 Å². The Kier molecular flexibility index (Phi) is 5.16. The van der Waals surface area contributed by atoms with Crippen LogP contribution in [-0.2, 0) is 6.42 Å². The topological polar surface area (TPSA) is 12.0 Å². The number of benzene rings is 1. The summed E-state index contributed by atoms with van der Waals surface area (Å²) in [5, 5.41) is 5.04. The predicted molar refractivity (Wildman–Crippen MR) is 84.2 cm³/mol. The molecule has 0 radical (unpaired) electrons. The molecule has 0 saturated heterocycles. The minimum atomic E-state index is 0.347. The largest absolute Gasteiger partial charge is 0.314 e. The van der Waals surface area contributed by atoms with Crippen molar-refractivity contribution < 1.29 is 0 Å². The molecule has 1 fully saturated rings. The molecule has 2 rings (SSSR count). The van der Waals surface area contributed by atoms with Crippen LogP contribution in [-0.4, -0.2) is 12.6 Å². The van der Waals surface area contributed by atoms with Crippen LogP contribution in [0.2, 0.25) is 10.0 Å². The van der Waals surface area contributed by atoms with Crippen molar-refractivity contribution in [2.24, 2.45) is 5.41 Å². The van der Waals surface area contributed by atoms with Gasteiger partial charge in [-0.1, -0.05) is 49.2 Å². The van der Waals surface area contributed by atoms with E-state index in [-0.39, 0.29) is 0 Å². The van der Waals surface area contributed by atoms with Gasteiger partial charge in [-0.15, -0.1) is 0 Å². The predicted octanol–water partition coefficient (Wildman–Crippen LogP) is 5.09. The fourth-order valence-electron chi connectivity index (χ4n) is 3.15. The molecular formula is C16H23Cl2N. The third-order valence-electron chi connectivity index (χ3n) is 4.17. The van der Waals surface area contributed by atoms with Crippen molar-refractivity contribution in [3.05, 3.63) is 33.8 Å². The van der Waals surface area contributed by atoms with E-state index in [1.54, 1.807) is 0 Å². The summed E-state index contributed by atoms with van der Waals surface area (Å²) in [7, 11) is 0. The van der Waals surface area contributed by atoms with Gasteiger partial charge in [-0.05, 0) is 55.7 Å². The first-order valence-corrected chi connectivity index (χ1v) is 7.96. The van der Waals surface area contributed by atoms with Crippen LogP contribution in [0, 0.1) is 5.41 Å². The summed E-state index contributed by atoms with van der Waals surface area (Å²) in [6.45, 7) is 5.71. The number of nitrogens with one attached hydrogen (secondary N) is 1. The molecule has 0 spiro atoms. The highest BCUT2D eigenvalue weighted by atomic mass is 35.5. The van der Waals surface area contributed by atoms with Gasteiger partial charge >= 0.3 is 0 Å². The fourth-order valence-corrected chi connectivity index (χ4v) is 3.54. The highest BCUT2D eigenvalue weighted by Crippen LogP contribution is 2.42. The zero-order valence-electron chi connectivity index (χ0n) is 11.8. The second-order valence-corrected chi connectivity index (χ2v) is 6.88. The van der Waals surface area contributed by atoms with Gasteiger partial charge in [0.25, 0.3) is 0 Å². The third-order valence-corrected chi connectivity index (χ3v) is 5.03. The molecular weight excluding hydrogens is 277 g/mol. The quantitative estimate of drug-likeness (QED) is 0.798. The second kappa shape index (κ2) is 6.47. The Balaban J connectivity index is 2.01. The van der Waals surface area contributed by atoms with Crippen LogP contribution in [0.3, 0.4) is 0 Å². The normalized spacial score (nSPS) is 26.8. The van der Waals surface area contributed by atoms with Crippen LogP contribution < -0.4 is 5.32 Å². The van der Waals surface area contributed by atoms with Crippen LogP contribution in [0.1, 0.15) is 45.1 Å². The van der Waals surface area contributed by atoms with Gasteiger partial charge in [0.15, 0.2) is 0 Å². The molecule has 1 aliphatic rings. The van der Waals surface area contributed by atoms with Gasteiger partial charge in [-0.25, -0.2) is 0 Å². The highest BCUT2D eigenvalue weighted by molar-refractivity contribution is 6.42. The summed E-state index contributed by atoms with van der Waals surface area (Å²) < 4.78 is 0. The van der Waals surface area contributed by atoms with Crippen molar-refractivity contribution in [1.29, 1.82) is 0 Å². The number of halogens is 2. The smallest absolute Gasteiger partial charge is 0.0624 e. The molecule has 106 valence electrons. The molecule has 0 bridgehead atoms. The summed E-state index contributed by atoms with van der Waals surface area (Å²) in [6, 6.07) is 6.62. The van der Waals surface area contributed by atoms with Crippen molar-refractivity contribution in [3.8, 4) is 0 Å². The molecule has 2 atom stereocenters. The van der Waals surface area contributed by atoms with Crippen molar-refractivity contribution in [2.75, 3.05) is 6.54 Å². The van der Waals surface area contributed by atoms with Gasteiger partial charge in [0.2, 0.25) is 0 Å². The minimum Gasteiger partial charge on any atom is -0.314 e. The maximum absolute atomic E-state index is 6.31. The third kappa shape index (κ3) is 3.87. The molecule has 3 heteroatoms. The second-order valence-electron chi connectivity index (χ2n) is 6.09. The number of hydrogen-bond acceptors (Lipinski definition) is 1. The summed E-state index contributed by atoms with van der Waals surface area (Å²) in [6.07, 6.45) is 5.99. The van der Waals surface area contributed by atoms with E-state index in [1.165, 1.54) is 31.2 Å². The number of hydrogen-bond donors (Lipinski definition) is 1. The Labute approximate surface area is 126 Å². The molecule has 0 heterocycles. The summed E-state index contributed by atoms with van der Waals surface area (Å²) >= 11 is 12.4. The van der Waals surface area contributed by atoms with E-state index >= 15 is 0 Å². The van der Waals surface area contributed by atoms with Crippen molar-refractivity contribution in [1.82, 2.24) is 5.32 Å². The van der Waals surface area contributed by atoms with Crippen LogP contribution >= 0.6 is 23.2 Å². The molecule has 1 aromatic rings. The first kappa shape index (κ1) is 15.2. The van der Waals surface area contributed by atoms with Crippen LogP contribution in [0.5, 0.6) is 0 Å². The van der Waals surface area contributed by atoms with Gasteiger partial charge in [0, 0.05) is 6.04 Å². The summed E-state index contributed by atoms with van der Waals surface area (Å²) in [4.78, 5) is 0. The van der Waals surface area contributed by atoms with Gasteiger partial charge in [-0.3, -0.25) is 0 Å². The molecule has 19 heavy (non-hydrogen) atoms. The maximum Gasteiger partial charge on any atom is 0.0624 e. The zero-order chi connectivity index (χ0) is 13.9. The Hall–Kier alpha value is -0.240. The molecule has 2 unspecified atom stereocenters. The maximum atomic E-state index is 6.31. The van der Waals surface area contributed by atoms with E-state index in [2.05, 4.69) is 25.2 Å². The van der Waals surface area contributed by atoms with Crippen LogP contribution in [0.4, 0.5) is 0 Å².